The van der Waals surface area contributed by atoms with E-state index in [-0.39, 0.29) is 5.41 Å². The normalized spacial score (nSPS) is 23.3. The summed E-state index contributed by atoms with van der Waals surface area (Å²) in [5.41, 5.74) is 0.0859. The first-order chi connectivity index (χ1) is 6.20. The zero-order chi connectivity index (χ0) is 9.73. The van der Waals surface area contributed by atoms with Crippen LogP contribution in [-0.2, 0) is 0 Å². The van der Waals surface area contributed by atoms with Gasteiger partial charge in [0.1, 0.15) is 0 Å². The van der Waals surface area contributed by atoms with E-state index in [2.05, 4.69) is 19.2 Å². The highest BCUT2D eigenvalue weighted by atomic mass is 16.3. The Kier molecular flexibility index (Phi) is 4.20. The summed E-state index contributed by atoms with van der Waals surface area (Å²) in [7, 11) is 0. The van der Waals surface area contributed by atoms with E-state index in [4.69, 9.17) is 0 Å². The molecule has 2 heteroatoms. The first-order valence-electron chi connectivity index (χ1n) is 5.54. The lowest BCUT2D eigenvalue weighted by molar-refractivity contribution is 0.132. The van der Waals surface area contributed by atoms with Gasteiger partial charge >= 0.3 is 0 Å². The summed E-state index contributed by atoms with van der Waals surface area (Å²) in [5, 5.41) is 12.8. The van der Waals surface area contributed by atoms with Crippen LogP contribution >= 0.6 is 0 Å². The minimum Gasteiger partial charge on any atom is -0.396 e. The van der Waals surface area contributed by atoms with Crippen molar-refractivity contribution in [3.05, 3.63) is 0 Å². The van der Waals surface area contributed by atoms with E-state index >= 15 is 0 Å². The molecule has 0 aromatic carbocycles. The van der Waals surface area contributed by atoms with Crippen LogP contribution in [0.4, 0.5) is 0 Å². The Morgan fingerprint density at radius 3 is 2.46 bits per heavy atom. The van der Waals surface area contributed by atoms with Gasteiger partial charge in [-0.15, -0.1) is 0 Å². The summed E-state index contributed by atoms with van der Waals surface area (Å²) in [6.45, 7) is 5.55. The van der Waals surface area contributed by atoms with Gasteiger partial charge in [-0.25, -0.2) is 0 Å². The molecule has 0 aromatic heterocycles. The van der Waals surface area contributed by atoms with Gasteiger partial charge in [0, 0.05) is 24.6 Å². The van der Waals surface area contributed by atoms with Crippen LogP contribution < -0.4 is 5.32 Å². The van der Waals surface area contributed by atoms with Crippen molar-refractivity contribution in [2.45, 2.75) is 52.0 Å². The third kappa shape index (κ3) is 3.28. The molecule has 13 heavy (non-hydrogen) atoms. The van der Waals surface area contributed by atoms with E-state index in [9.17, 15) is 5.11 Å². The number of hydrogen-bond acceptors (Lipinski definition) is 2. The molecule has 2 N–H and O–H groups in total. The number of aliphatic hydroxyl groups excluding tert-OH is 1. The summed E-state index contributed by atoms with van der Waals surface area (Å²) >= 11 is 0. The second-order valence-electron chi connectivity index (χ2n) is 4.68. The van der Waals surface area contributed by atoms with Crippen LogP contribution in [0.5, 0.6) is 0 Å². The molecule has 0 radical (unpaired) electrons. The number of nitrogens with one attached hydrogen (secondary N) is 1. The summed E-state index contributed by atoms with van der Waals surface area (Å²) in [6.07, 6.45) is 6.44. The van der Waals surface area contributed by atoms with Gasteiger partial charge in [0.15, 0.2) is 0 Å². The van der Waals surface area contributed by atoms with Crippen molar-refractivity contribution < 1.29 is 5.11 Å². The van der Waals surface area contributed by atoms with Crippen molar-refractivity contribution in [2.24, 2.45) is 5.41 Å². The lowest BCUT2D eigenvalue weighted by Gasteiger charge is -2.27. The van der Waals surface area contributed by atoms with E-state index in [1.54, 1.807) is 0 Å². The average molecular weight is 185 g/mol. The SMILES string of the molecule is CCC(C)(CO)CNC1CCCC1. The molecular weight excluding hydrogens is 162 g/mol. The molecule has 1 atom stereocenters. The molecule has 0 amide bonds. The fraction of sp³-hybridized carbons (Fsp3) is 1.00. The maximum Gasteiger partial charge on any atom is 0.0496 e. The van der Waals surface area contributed by atoms with Crippen molar-refractivity contribution in [3.8, 4) is 0 Å². The molecule has 1 fully saturated rings. The van der Waals surface area contributed by atoms with Gasteiger partial charge in [-0.1, -0.05) is 26.7 Å². The lowest BCUT2D eigenvalue weighted by atomic mass is 9.88. The third-order valence-electron chi connectivity index (χ3n) is 3.41. The van der Waals surface area contributed by atoms with Crippen LogP contribution in [-0.4, -0.2) is 24.3 Å². The fourth-order valence-corrected chi connectivity index (χ4v) is 1.81. The summed E-state index contributed by atoms with van der Waals surface area (Å²) < 4.78 is 0. The Bertz CT molecular complexity index is 137. The molecule has 1 aliphatic rings. The lowest BCUT2D eigenvalue weighted by Crippen LogP contribution is -2.38. The highest BCUT2D eigenvalue weighted by Crippen LogP contribution is 2.22. The van der Waals surface area contributed by atoms with Gasteiger partial charge in [0.2, 0.25) is 0 Å². The molecule has 1 unspecified atom stereocenters. The Morgan fingerprint density at radius 2 is 2.00 bits per heavy atom. The highest BCUT2D eigenvalue weighted by Gasteiger charge is 2.23. The van der Waals surface area contributed by atoms with E-state index in [0.29, 0.717) is 6.61 Å². The maximum absolute atomic E-state index is 9.22. The Balaban J connectivity index is 2.22. The standard InChI is InChI=1S/C11H23NO/c1-3-11(2,9-13)8-12-10-6-4-5-7-10/h10,12-13H,3-9H2,1-2H3. The molecule has 0 heterocycles. The molecule has 1 rings (SSSR count). The van der Waals surface area contributed by atoms with Crippen molar-refractivity contribution in [1.29, 1.82) is 0 Å². The predicted molar refractivity (Wildman–Crippen MR) is 55.7 cm³/mol. The van der Waals surface area contributed by atoms with E-state index in [1.807, 2.05) is 0 Å². The smallest absolute Gasteiger partial charge is 0.0496 e. The maximum atomic E-state index is 9.22. The summed E-state index contributed by atoms with van der Waals surface area (Å²) in [4.78, 5) is 0. The Morgan fingerprint density at radius 1 is 1.38 bits per heavy atom. The molecule has 0 bridgehead atoms. The van der Waals surface area contributed by atoms with Crippen molar-refractivity contribution in [1.82, 2.24) is 5.32 Å². The molecule has 0 aliphatic heterocycles. The molecule has 0 spiro atoms. The summed E-state index contributed by atoms with van der Waals surface area (Å²) in [5.74, 6) is 0. The summed E-state index contributed by atoms with van der Waals surface area (Å²) in [6, 6.07) is 0.720. The van der Waals surface area contributed by atoms with Gasteiger partial charge < -0.3 is 10.4 Å². The predicted octanol–water partition coefficient (Wildman–Crippen LogP) is 1.93. The van der Waals surface area contributed by atoms with Crippen molar-refractivity contribution in [2.75, 3.05) is 13.2 Å². The van der Waals surface area contributed by atoms with Crippen LogP contribution in [0.25, 0.3) is 0 Å². The van der Waals surface area contributed by atoms with Crippen LogP contribution in [0.15, 0.2) is 0 Å². The van der Waals surface area contributed by atoms with Crippen LogP contribution in [0.2, 0.25) is 0 Å². The molecule has 2 nitrogen and oxygen atoms in total. The zero-order valence-corrected chi connectivity index (χ0v) is 8.97. The van der Waals surface area contributed by atoms with E-state index < -0.39 is 0 Å². The second kappa shape index (κ2) is 4.97. The Hall–Kier alpha value is -0.0800. The van der Waals surface area contributed by atoms with Crippen LogP contribution in [0, 0.1) is 5.41 Å². The highest BCUT2D eigenvalue weighted by molar-refractivity contribution is 4.80. The van der Waals surface area contributed by atoms with Crippen LogP contribution in [0.1, 0.15) is 46.0 Å². The van der Waals surface area contributed by atoms with Gasteiger partial charge in [-0.2, -0.15) is 0 Å². The minimum absolute atomic E-state index is 0.0859. The Labute approximate surface area is 81.7 Å². The third-order valence-corrected chi connectivity index (χ3v) is 3.41. The molecule has 1 aliphatic carbocycles. The quantitative estimate of drug-likeness (QED) is 0.686. The fourth-order valence-electron chi connectivity index (χ4n) is 1.81. The molecule has 78 valence electrons. The van der Waals surface area contributed by atoms with Gasteiger partial charge in [-0.05, 0) is 19.3 Å². The minimum atomic E-state index is 0.0859. The topological polar surface area (TPSA) is 32.3 Å². The van der Waals surface area contributed by atoms with Crippen molar-refractivity contribution in [3.63, 3.8) is 0 Å². The van der Waals surface area contributed by atoms with Gasteiger partial charge in [0.25, 0.3) is 0 Å². The molecule has 0 aromatic rings. The molecular formula is C11H23NO. The zero-order valence-electron chi connectivity index (χ0n) is 8.97. The number of hydrogen-bond donors (Lipinski definition) is 2. The largest absolute Gasteiger partial charge is 0.396 e. The average Bonchev–Trinajstić information content (AvgIpc) is 2.67. The first-order valence-corrected chi connectivity index (χ1v) is 5.54. The van der Waals surface area contributed by atoms with E-state index in [0.717, 1.165) is 19.0 Å². The monoisotopic (exact) mass is 185 g/mol. The first kappa shape index (κ1) is 11.0. The van der Waals surface area contributed by atoms with E-state index in [1.165, 1.54) is 25.7 Å². The second-order valence-corrected chi connectivity index (χ2v) is 4.68. The van der Waals surface area contributed by atoms with Gasteiger partial charge in [0.05, 0.1) is 0 Å². The van der Waals surface area contributed by atoms with Crippen LogP contribution in [0.3, 0.4) is 0 Å². The molecule has 1 saturated carbocycles. The van der Waals surface area contributed by atoms with Crippen molar-refractivity contribution >= 4 is 0 Å². The number of rotatable bonds is 5. The molecule has 0 saturated heterocycles. The number of aliphatic hydroxyl groups is 1. The van der Waals surface area contributed by atoms with Gasteiger partial charge in [-0.3, -0.25) is 0 Å².